The molecule has 0 aromatic carbocycles. The molecule has 1 unspecified atom stereocenters. The normalized spacial score (nSPS) is 12.3. The lowest BCUT2D eigenvalue weighted by Crippen LogP contribution is -2.42. The third-order valence-electron chi connectivity index (χ3n) is 3.38. The smallest absolute Gasteiger partial charge is 0.270 e. The fraction of sp³-hybridized carbons (Fsp3) is 0.400. The Morgan fingerprint density at radius 2 is 2.29 bits per heavy atom. The number of pyridine rings is 1. The first-order valence-corrected chi connectivity index (χ1v) is 7.14. The monoisotopic (exact) mass is 288 g/mol. The first kappa shape index (κ1) is 15.2. The molecule has 1 amide bonds. The Hall–Kier alpha value is -2.21. The fourth-order valence-electron chi connectivity index (χ4n) is 2.15. The summed E-state index contributed by atoms with van der Waals surface area (Å²) in [4.78, 5) is 28.6. The summed E-state index contributed by atoms with van der Waals surface area (Å²) in [6, 6.07) is 5.11. The summed E-state index contributed by atoms with van der Waals surface area (Å²) < 4.78 is 1.36. The Labute approximate surface area is 123 Å². The second kappa shape index (κ2) is 6.99. The molecule has 0 aliphatic heterocycles. The van der Waals surface area contributed by atoms with Gasteiger partial charge in [0.1, 0.15) is 11.2 Å². The molecule has 6 heteroatoms. The molecule has 0 bridgehead atoms. The van der Waals surface area contributed by atoms with Gasteiger partial charge in [-0.25, -0.2) is 4.98 Å². The molecule has 0 fully saturated rings. The van der Waals surface area contributed by atoms with Crippen LogP contribution in [0.4, 0.5) is 0 Å². The SMILES string of the molecule is CCCCC(CN)NC(=O)c1cnc2ccccn2c1=O. The summed E-state index contributed by atoms with van der Waals surface area (Å²) in [5.41, 5.74) is 5.83. The molecule has 6 nitrogen and oxygen atoms in total. The van der Waals surface area contributed by atoms with E-state index in [-0.39, 0.29) is 17.2 Å². The van der Waals surface area contributed by atoms with E-state index in [0.717, 1.165) is 19.3 Å². The molecule has 112 valence electrons. The maximum absolute atomic E-state index is 12.3. The Morgan fingerprint density at radius 3 is 3.00 bits per heavy atom. The van der Waals surface area contributed by atoms with Gasteiger partial charge in [-0.15, -0.1) is 0 Å². The van der Waals surface area contributed by atoms with Gasteiger partial charge in [0.15, 0.2) is 0 Å². The second-order valence-corrected chi connectivity index (χ2v) is 4.95. The molecule has 2 heterocycles. The number of nitrogens with two attached hydrogens (primary N) is 1. The van der Waals surface area contributed by atoms with Crippen molar-refractivity contribution in [3.63, 3.8) is 0 Å². The summed E-state index contributed by atoms with van der Waals surface area (Å²) in [5.74, 6) is -0.419. The maximum Gasteiger partial charge on any atom is 0.270 e. The van der Waals surface area contributed by atoms with E-state index in [9.17, 15) is 9.59 Å². The fourth-order valence-corrected chi connectivity index (χ4v) is 2.15. The van der Waals surface area contributed by atoms with E-state index in [0.29, 0.717) is 12.2 Å². The van der Waals surface area contributed by atoms with Gasteiger partial charge in [0.2, 0.25) is 0 Å². The quantitative estimate of drug-likeness (QED) is 0.828. The highest BCUT2D eigenvalue weighted by molar-refractivity contribution is 5.93. The van der Waals surface area contributed by atoms with Gasteiger partial charge in [0.05, 0.1) is 0 Å². The summed E-state index contributed by atoms with van der Waals surface area (Å²) in [6.07, 6.45) is 5.74. The molecule has 0 radical (unpaired) electrons. The van der Waals surface area contributed by atoms with Crippen molar-refractivity contribution < 1.29 is 4.79 Å². The van der Waals surface area contributed by atoms with Gasteiger partial charge < -0.3 is 11.1 Å². The van der Waals surface area contributed by atoms with Gasteiger partial charge in [-0.3, -0.25) is 14.0 Å². The average molecular weight is 288 g/mol. The van der Waals surface area contributed by atoms with E-state index < -0.39 is 5.91 Å². The first-order chi connectivity index (χ1) is 10.2. The highest BCUT2D eigenvalue weighted by atomic mass is 16.2. The number of hydrogen-bond donors (Lipinski definition) is 2. The van der Waals surface area contributed by atoms with Crippen molar-refractivity contribution in [3.8, 4) is 0 Å². The Bertz CT molecular complexity index is 681. The number of carbonyl (C=O) groups is 1. The summed E-state index contributed by atoms with van der Waals surface area (Å²) in [7, 11) is 0. The van der Waals surface area contributed by atoms with Crippen molar-refractivity contribution >= 4 is 11.6 Å². The van der Waals surface area contributed by atoms with Crippen LogP contribution in [0.3, 0.4) is 0 Å². The van der Waals surface area contributed by atoms with Crippen LogP contribution in [0.1, 0.15) is 36.5 Å². The highest BCUT2D eigenvalue weighted by Gasteiger charge is 2.16. The third kappa shape index (κ3) is 3.46. The third-order valence-corrected chi connectivity index (χ3v) is 3.38. The highest BCUT2D eigenvalue weighted by Crippen LogP contribution is 2.02. The van der Waals surface area contributed by atoms with Crippen molar-refractivity contribution in [2.45, 2.75) is 32.2 Å². The van der Waals surface area contributed by atoms with Crippen LogP contribution in [0.5, 0.6) is 0 Å². The molecule has 1 atom stereocenters. The molecule has 0 aliphatic rings. The number of carbonyl (C=O) groups excluding carboxylic acids is 1. The van der Waals surface area contributed by atoms with Crippen LogP contribution in [0.25, 0.3) is 5.65 Å². The topological polar surface area (TPSA) is 89.5 Å². The van der Waals surface area contributed by atoms with Crippen molar-refractivity contribution in [3.05, 3.63) is 46.5 Å². The lowest BCUT2D eigenvalue weighted by molar-refractivity contribution is 0.0933. The van der Waals surface area contributed by atoms with Crippen LogP contribution >= 0.6 is 0 Å². The zero-order valence-corrected chi connectivity index (χ0v) is 12.1. The average Bonchev–Trinajstić information content (AvgIpc) is 2.51. The van der Waals surface area contributed by atoms with Gasteiger partial charge in [-0.1, -0.05) is 25.8 Å². The molecule has 2 aromatic rings. The minimum atomic E-state index is -0.419. The van der Waals surface area contributed by atoms with Crippen LogP contribution in [-0.4, -0.2) is 27.9 Å². The van der Waals surface area contributed by atoms with Gasteiger partial charge in [0.25, 0.3) is 11.5 Å². The standard InChI is InChI=1S/C15H20N4O2/c1-2-3-6-11(9-16)18-14(20)12-10-17-13-7-4-5-8-19(13)15(12)21/h4-5,7-8,10-11H,2-3,6,9,16H2,1H3,(H,18,20). The van der Waals surface area contributed by atoms with Crippen molar-refractivity contribution in [1.82, 2.24) is 14.7 Å². The molecular formula is C15H20N4O2. The van der Waals surface area contributed by atoms with Gasteiger partial charge >= 0.3 is 0 Å². The van der Waals surface area contributed by atoms with E-state index in [1.807, 2.05) is 0 Å². The molecular weight excluding hydrogens is 268 g/mol. The Kier molecular flexibility index (Phi) is 5.05. The van der Waals surface area contributed by atoms with Gasteiger partial charge in [-0.05, 0) is 18.6 Å². The molecule has 0 saturated heterocycles. The lowest BCUT2D eigenvalue weighted by atomic mass is 10.1. The van der Waals surface area contributed by atoms with Crippen LogP contribution < -0.4 is 16.6 Å². The molecule has 0 aliphatic carbocycles. The Morgan fingerprint density at radius 1 is 1.48 bits per heavy atom. The number of aromatic nitrogens is 2. The van der Waals surface area contributed by atoms with Crippen LogP contribution in [-0.2, 0) is 0 Å². The lowest BCUT2D eigenvalue weighted by Gasteiger charge is -2.16. The summed E-state index contributed by atoms with van der Waals surface area (Å²) in [6.45, 7) is 2.43. The molecule has 2 aromatic heterocycles. The zero-order valence-electron chi connectivity index (χ0n) is 12.1. The minimum Gasteiger partial charge on any atom is -0.348 e. The molecule has 0 saturated carbocycles. The predicted molar refractivity (Wildman–Crippen MR) is 81.3 cm³/mol. The van der Waals surface area contributed by atoms with Crippen molar-refractivity contribution in [2.75, 3.05) is 6.54 Å². The minimum absolute atomic E-state index is 0.0358. The first-order valence-electron chi connectivity index (χ1n) is 7.14. The maximum atomic E-state index is 12.3. The largest absolute Gasteiger partial charge is 0.348 e. The van der Waals surface area contributed by atoms with E-state index >= 15 is 0 Å². The number of rotatable bonds is 6. The molecule has 2 rings (SSSR count). The number of nitrogens with zero attached hydrogens (tertiary/aromatic N) is 2. The van der Waals surface area contributed by atoms with Crippen molar-refractivity contribution in [1.29, 1.82) is 0 Å². The van der Waals surface area contributed by atoms with Crippen molar-refractivity contribution in [2.24, 2.45) is 5.73 Å². The van der Waals surface area contributed by atoms with Gasteiger partial charge in [0, 0.05) is 25.0 Å². The van der Waals surface area contributed by atoms with Crippen LogP contribution in [0.15, 0.2) is 35.4 Å². The molecule has 0 spiro atoms. The summed E-state index contributed by atoms with van der Waals surface area (Å²) >= 11 is 0. The van der Waals surface area contributed by atoms with Crippen LogP contribution in [0.2, 0.25) is 0 Å². The number of fused-ring (bicyclic) bond motifs is 1. The second-order valence-electron chi connectivity index (χ2n) is 4.95. The van der Waals surface area contributed by atoms with E-state index in [2.05, 4.69) is 17.2 Å². The number of unbranched alkanes of at least 4 members (excludes halogenated alkanes) is 1. The number of amides is 1. The van der Waals surface area contributed by atoms with Gasteiger partial charge in [-0.2, -0.15) is 0 Å². The van der Waals surface area contributed by atoms with E-state index in [4.69, 9.17) is 5.73 Å². The molecule has 3 N–H and O–H groups in total. The van der Waals surface area contributed by atoms with E-state index in [1.165, 1.54) is 10.6 Å². The number of hydrogen-bond acceptors (Lipinski definition) is 4. The predicted octanol–water partition coefficient (Wildman–Crippen LogP) is 0.942. The molecule has 21 heavy (non-hydrogen) atoms. The number of nitrogens with one attached hydrogen (secondary N) is 1. The zero-order chi connectivity index (χ0) is 15.2. The van der Waals surface area contributed by atoms with E-state index in [1.54, 1.807) is 24.4 Å². The van der Waals surface area contributed by atoms with Crippen LogP contribution in [0, 0.1) is 0 Å². The Balaban J connectivity index is 2.23. The summed E-state index contributed by atoms with van der Waals surface area (Å²) in [5, 5.41) is 2.81.